The predicted molar refractivity (Wildman–Crippen MR) is 143 cm³/mol. The van der Waals surface area contributed by atoms with Crippen LogP contribution in [0.3, 0.4) is 0 Å². The first kappa shape index (κ1) is 27.1. The number of amides is 1. The molecule has 1 unspecified atom stereocenters. The van der Waals surface area contributed by atoms with E-state index in [2.05, 4.69) is 43.4 Å². The van der Waals surface area contributed by atoms with Crippen molar-refractivity contribution in [3.8, 4) is 5.75 Å². The van der Waals surface area contributed by atoms with E-state index in [9.17, 15) is 9.90 Å². The van der Waals surface area contributed by atoms with E-state index in [0.717, 1.165) is 53.5 Å². The van der Waals surface area contributed by atoms with Gasteiger partial charge in [-0.3, -0.25) is 5.32 Å². The molecule has 3 rings (SSSR count). The number of methoxy groups -OCH3 is 1. The molecule has 5 nitrogen and oxygen atoms in total. The maximum Gasteiger partial charge on any atom is 0.412 e. The summed E-state index contributed by atoms with van der Waals surface area (Å²) < 4.78 is 11.5. The molecule has 1 amide bonds. The first-order valence-electron chi connectivity index (χ1n) is 12.8. The highest BCUT2D eigenvalue weighted by molar-refractivity contribution is 5.88. The molecule has 1 aliphatic carbocycles. The molecule has 1 fully saturated rings. The fourth-order valence-corrected chi connectivity index (χ4v) is 5.48. The van der Waals surface area contributed by atoms with E-state index in [1.807, 2.05) is 41.5 Å². The van der Waals surface area contributed by atoms with Gasteiger partial charge in [-0.25, -0.2) is 4.79 Å². The van der Waals surface area contributed by atoms with Crippen LogP contribution < -0.4 is 10.1 Å². The van der Waals surface area contributed by atoms with E-state index in [-0.39, 0.29) is 5.92 Å². The zero-order valence-corrected chi connectivity index (χ0v) is 23.0. The van der Waals surface area contributed by atoms with Crippen LogP contribution in [0, 0.1) is 26.7 Å². The Morgan fingerprint density at radius 3 is 2.06 bits per heavy atom. The summed E-state index contributed by atoms with van der Waals surface area (Å²) >= 11 is 0. The smallest absolute Gasteiger partial charge is 0.412 e. The molecule has 5 heteroatoms. The molecule has 1 aliphatic rings. The summed E-state index contributed by atoms with van der Waals surface area (Å²) in [5, 5.41) is 15.7. The maximum absolute atomic E-state index is 12.8. The summed E-state index contributed by atoms with van der Waals surface area (Å²) in [4.78, 5) is 12.8. The molecule has 0 saturated heterocycles. The van der Waals surface area contributed by atoms with Crippen LogP contribution in [0.15, 0.2) is 24.3 Å². The molecule has 1 saturated carbocycles. The van der Waals surface area contributed by atoms with Crippen molar-refractivity contribution in [2.24, 2.45) is 5.92 Å². The number of ether oxygens (including phenoxy) is 2. The Hall–Kier alpha value is -2.53. The SMILES string of the molecule is COc1c(C)c(C)c(NC(=O)OC(C)(C)C)c(C)c1C(O)(c1ccc(C(C)C)cc1)C1CCCC1. The minimum Gasteiger partial charge on any atom is -0.496 e. The molecule has 0 spiro atoms. The third kappa shape index (κ3) is 5.35. The summed E-state index contributed by atoms with van der Waals surface area (Å²) in [6, 6.07) is 8.34. The van der Waals surface area contributed by atoms with Crippen LogP contribution in [0.25, 0.3) is 0 Å². The van der Waals surface area contributed by atoms with Crippen molar-refractivity contribution in [3.05, 3.63) is 57.6 Å². The molecular weight excluding hydrogens is 438 g/mol. The Labute approximate surface area is 211 Å². The molecule has 35 heavy (non-hydrogen) atoms. The molecule has 0 heterocycles. The summed E-state index contributed by atoms with van der Waals surface area (Å²) in [6.07, 6.45) is 3.54. The molecule has 0 bridgehead atoms. The first-order valence-corrected chi connectivity index (χ1v) is 12.8. The largest absolute Gasteiger partial charge is 0.496 e. The number of nitrogens with one attached hydrogen (secondary N) is 1. The molecule has 0 aliphatic heterocycles. The average molecular weight is 482 g/mol. The summed E-state index contributed by atoms with van der Waals surface area (Å²) in [6.45, 7) is 15.8. The van der Waals surface area contributed by atoms with Crippen LogP contribution in [0.5, 0.6) is 5.75 Å². The van der Waals surface area contributed by atoms with Crippen molar-refractivity contribution in [3.63, 3.8) is 0 Å². The fraction of sp³-hybridized carbons (Fsp3) is 0.567. The van der Waals surface area contributed by atoms with Gasteiger partial charge in [0.25, 0.3) is 0 Å². The number of benzene rings is 2. The highest BCUT2D eigenvalue weighted by Gasteiger charge is 2.45. The summed E-state index contributed by atoms with van der Waals surface area (Å²) in [5.41, 5.74) is 4.25. The normalized spacial score (nSPS) is 16.3. The van der Waals surface area contributed by atoms with Crippen molar-refractivity contribution in [2.75, 3.05) is 12.4 Å². The molecule has 0 radical (unpaired) electrons. The van der Waals surface area contributed by atoms with Crippen LogP contribution in [0.2, 0.25) is 0 Å². The van der Waals surface area contributed by atoms with E-state index < -0.39 is 17.3 Å². The molecule has 0 aromatic heterocycles. The number of hydrogen-bond donors (Lipinski definition) is 2. The van der Waals surface area contributed by atoms with Gasteiger partial charge in [0.05, 0.1) is 12.8 Å². The van der Waals surface area contributed by atoms with Gasteiger partial charge in [-0.05, 0) is 94.0 Å². The Morgan fingerprint density at radius 1 is 1.00 bits per heavy atom. The minimum absolute atomic E-state index is 0.0523. The molecule has 192 valence electrons. The molecule has 2 N–H and O–H groups in total. The van der Waals surface area contributed by atoms with Gasteiger partial charge in [-0.15, -0.1) is 0 Å². The van der Waals surface area contributed by atoms with Crippen LogP contribution in [-0.2, 0) is 10.3 Å². The Bertz CT molecular complexity index is 1060. The van der Waals surface area contributed by atoms with Gasteiger partial charge in [0.15, 0.2) is 0 Å². The Morgan fingerprint density at radius 2 is 1.57 bits per heavy atom. The third-order valence-electron chi connectivity index (χ3n) is 7.43. The van der Waals surface area contributed by atoms with Crippen LogP contribution in [-0.4, -0.2) is 23.9 Å². The highest BCUT2D eigenvalue weighted by Crippen LogP contribution is 2.52. The maximum atomic E-state index is 12.8. The van der Waals surface area contributed by atoms with Gasteiger partial charge < -0.3 is 14.6 Å². The van der Waals surface area contributed by atoms with Crippen LogP contribution in [0.4, 0.5) is 10.5 Å². The second-order valence-electron chi connectivity index (χ2n) is 11.3. The van der Waals surface area contributed by atoms with Gasteiger partial charge in [0, 0.05) is 5.56 Å². The minimum atomic E-state index is -1.25. The zero-order chi connectivity index (χ0) is 26.1. The molecule has 1 atom stereocenters. The number of anilines is 1. The van der Waals surface area contributed by atoms with E-state index in [4.69, 9.17) is 9.47 Å². The number of carbonyl (C=O) groups is 1. The van der Waals surface area contributed by atoms with Crippen LogP contribution >= 0.6 is 0 Å². The van der Waals surface area contributed by atoms with Crippen molar-refractivity contribution < 1.29 is 19.4 Å². The average Bonchev–Trinajstić information content (AvgIpc) is 3.33. The lowest BCUT2D eigenvalue weighted by Gasteiger charge is -2.39. The lowest BCUT2D eigenvalue weighted by Crippen LogP contribution is -2.37. The number of rotatable bonds is 6. The predicted octanol–water partition coefficient (Wildman–Crippen LogP) is 7.52. The van der Waals surface area contributed by atoms with E-state index in [1.165, 1.54) is 5.56 Å². The Kier molecular flexibility index (Phi) is 7.90. The van der Waals surface area contributed by atoms with Crippen molar-refractivity contribution in [1.29, 1.82) is 0 Å². The third-order valence-corrected chi connectivity index (χ3v) is 7.43. The lowest BCUT2D eigenvalue weighted by molar-refractivity contribution is 0.0160. The number of carbonyl (C=O) groups excluding carboxylic acids is 1. The van der Waals surface area contributed by atoms with Gasteiger partial charge in [0.1, 0.15) is 17.0 Å². The highest BCUT2D eigenvalue weighted by atomic mass is 16.6. The van der Waals surface area contributed by atoms with Gasteiger partial charge in [-0.1, -0.05) is 51.0 Å². The van der Waals surface area contributed by atoms with Crippen molar-refractivity contribution >= 4 is 11.8 Å². The second-order valence-corrected chi connectivity index (χ2v) is 11.3. The van der Waals surface area contributed by atoms with Gasteiger partial charge in [0.2, 0.25) is 0 Å². The Balaban J connectivity index is 2.26. The first-order chi connectivity index (χ1) is 16.3. The van der Waals surface area contributed by atoms with E-state index >= 15 is 0 Å². The number of aliphatic hydroxyl groups is 1. The monoisotopic (exact) mass is 481 g/mol. The van der Waals surface area contributed by atoms with E-state index in [1.54, 1.807) is 7.11 Å². The van der Waals surface area contributed by atoms with Gasteiger partial charge >= 0.3 is 6.09 Å². The van der Waals surface area contributed by atoms with Gasteiger partial charge in [-0.2, -0.15) is 0 Å². The number of hydrogen-bond acceptors (Lipinski definition) is 4. The quantitative estimate of drug-likeness (QED) is 0.448. The summed E-state index contributed by atoms with van der Waals surface area (Å²) in [7, 11) is 1.66. The second kappa shape index (κ2) is 10.2. The van der Waals surface area contributed by atoms with Crippen molar-refractivity contribution in [1.82, 2.24) is 0 Å². The summed E-state index contributed by atoms with van der Waals surface area (Å²) in [5.74, 6) is 1.14. The standard InChI is InChI=1S/C30H43NO4/c1-18(2)22-14-16-24(17-15-22)30(33,23-12-10-11-13-23)25-21(5)26(19(3)20(4)27(25)34-9)31-28(32)35-29(6,7)8/h14-18,23,33H,10-13H2,1-9H3,(H,31,32). The van der Waals surface area contributed by atoms with E-state index in [0.29, 0.717) is 17.4 Å². The zero-order valence-electron chi connectivity index (χ0n) is 23.0. The topological polar surface area (TPSA) is 67.8 Å². The molecule has 2 aromatic carbocycles. The molecular formula is C30H43NO4. The van der Waals surface area contributed by atoms with Crippen LogP contribution in [0.1, 0.15) is 99.6 Å². The fourth-order valence-electron chi connectivity index (χ4n) is 5.48. The molecule has 2 aromatic rings. The lowest BCUT2D eigenvalue weighted by atomic mass is 9.72. The van der Waals surface area contributed by atoms with Crippen molar-refractivity contribution in [2.45, 2.75) is 98.2 Å².